The van der Waals surface area contributed by atoms with Crippen molar-refractivity contribution in [2.24, 2.45) is 11.8 Å². The molecule has 9 rings (SSSR count). The molecule has 6 fully saturated rings. The summed E-state index contributed by atoms with van der Waals surface area (Å²) in [5, 5.41) is 17.8. The predicted molar refractivity (Wildman–Crippen MR) is 304 cm³/mol. The smallest absolute Gasteiger partial charge is 0.243 e. The normalized spacial score (nSPS) is 24.8. The summed E-state index contributed by atoms with van der Waals surface area (Å²) < 4.78 is 51.3. The molecule has 1 aromatic heterocycles. The van der Waals surface area contributed by atoms with Gasteiger partial charge in [0.2, 0.25) is 35.4 Å². The average molecular weight is 1170 g/mol. The van der Waals surface area contributed by atoms with Gasteiger partial charge in [-0.25, -0.2) is 4.39 Å². The number of hydrogen-bond donors (Lipinski definition) is 6. The summed E-state index contributed by atoms with van der Waals surface area (Å²) in [6.07, 6.45) is 7.10. The van der Waals surface area contributed by atoms with Crippen LogP contribution in [0.3, 0.4) is 0 Å². The van der Waals surface area contributed by atoms with Gasteiger partial charge in [-0.1, -0.05) is 44.2 Å². The second kappa shape index (κ2) is 27.8. The van der Waals surface area contributed by atoms with Crippen molar-refractivity contribution >= 4 is 58.0 Å². The number of rotatable bonds is 28. The molecule has 10 unspecified atom stereocenters. The minimum atomic E-state index is -1.42. The van der Waals surface area contributed by atoms with Crippen LogP contribution in [0, 0.1) is 17.7 Å². The molecular formula is C61H83FN8O14. The van der Waals surface area contributed by atoms with E-state index in [9.17, 15) is 38.4 Å². The summed E-state index contributed by atoms with van der Waals surface area (Å²) in [7, 11) is 1.42. The van der Waals surface area contributed by atoms with Crippen LogP contribution in [0.4, 0.5) is 4.39 Å². The zero-order valence-corrected chi connectivity index (χ0v) is 49.0. The van der Waals surface area contributed by atoms with Gasteiger partial charge in [0.1, 0.15) is 52.5 Å². The molecular weight excluding hydrogens is 1090 g/mol. The number of morpholine rings is 2. The first-order valence-electron chi connectivity index (χ1n) is 29.9. The summed E-state index contributed by atoms with van der Waals surface area (Å²) in [6.45, 7) is 11.0. The summed E-state index contributed by atoms with van der Waals surface area (Å²) in [6, 6.07) is 3.41. The third kappa shape index (κ3) is 15.9. The van der Waals surface area contributed by atoms with Crippen LogP contribution in [-0.4, -0.2) is 190 Å². The minimum Gasteiger partial charge on any atom is -0.496 e. The molecule has 4 aliphatic heterocycles. The molecule has 2 aliphatic carbocycles. The predicted octanol–water partition coefficient (Wildman–Crippen LogP) is 2.55. The molecule has 2 saturated carbocycles. The van der Waals surface area contributed by atoms with Gasteiger partial charge in [0.15, 0.2) is 11.6 Å². The molecule has 10 atom stereocenters. The number of amides is 6. The maximum atomic E-state index is 17.9. The van der Waals surface area contributed by atoms with E-state index < -0.39 is 94.6 Å². The molecule has 22 nitrogen and oxygen atoms in total. The first kappa shape index (κ1) is 62.2. The van der Waals surface area contributed by atoms with E-state index in [4.69, 9.17) is 28.1 Å². The molecule has 458 valence electrons. The largest absolute Gasteiger partial charge is 0.496 e. The number of ketones is 2. The van der Waals surface area contributed by atoms with Gasteiger partial charge in [-0.3, -0.25) is 48.2 Å². The van der Waals surface area contributed by atoms with Crippen molar-refractivity contribution in [1.29, 1.82) is 0 Å². The van der Waals surface area contributed by atoms with E-state index in [1.807, 2.05) is 15.9 Å². The molecule has 2 aromatic carbocycles. The van der Waals surface area contributed by atoms with Gasteiger partial charge in [-0.2, -0.15) is 0 Å². The van der Waals surface area contributed by atoms with Crippen LogP contribution in [0.15, 0.2) is 47.1 Å². The second-order valence-electron chi connectivity index (χ2n) is 24.1. The zero-order chi connectivity index (χ0) is 59.7. The molecule has 4 saturated heterocycles. The molecule has 0 bridgehead atoms. The van der Waals surface area contributed by atoms with Crippen LogP contribution < -0.4 is 36.6 Å². The van der Waals surface area contributed by atoms with E-state index in [1.165, 1.54) is 27.0 Å². The van der Waals surface area contributed by atoms with Gasteiger partial charge < -0.3 is 60.0 Å². The molecule has 6 aliphatic rings. The lowest BCUT2D eigenvalue weighted by Crippen LogP contribution is -2.57. The topological polar surface area (TPSA) is 281 Å². The summed E-state index contributed by atoms with van der Waals surface area (Å²) in [5.74, 6) is -5.36. The Morgan fingerprint density at radius 3 is 1.69 bits per heavy atom. The number of nitrogens with zero attached hydrogens (tertiary/aromatic N) is 2. The van der Waals surface area contributed by atoms with Crippen LogP contribution in [0.2, 0.25) is 0 Å². The third-order valence-corrected chi connectivity index (χ3v) is 17.6. The molecule has 3 aromatic rings. The highest BCUT2D eigenvalue weighted by Gasteiger charge is 2.52. The zero-order valence-electron chi connectivity index (χ0n) is 49.0. The fourth-order valence-electron chi connectivity index (χ4n) is 12.4. The maximum Gasteiger partial charge on any atom is 0.243 e. The second-order valence-corrected chi connectivity index (χ2v) is 24.1. The lowest BCUT2D eigenvalue weighted by molar-refractivity contribution is -0.134. The standard InChI is InChI=1S/C61H83FN8O14/c1-36(63-50(71)32-69-18-23-80-24-19-69)56(75)67-46(29-39-13-15-48-41(27-39)17-22-82-48)58(77)66-45(55(74)61(4)35-84-61)30-40-11-8-12-43(40)52-49(79-5)16-14-42(53(52)62)31-47(68-57(76)37(2)64-51(72)33-70-20-25-81-26-21-70)59(78)65-44(28-38-9-6-7-10-38)54(73)60(3)34-83-60/h13-17,22,27,36-38,40,43-47H,6-12,18-21,23-26,28-35H2,1-5H3,(H,63,71)(H,64,72)(H,65,78)(H,66,77)(H,67,75)(H,68,76). The SMILES string of the molecule is COc1ccc(CC(NC(=O)C(C)NC(=O)CN2CCOCC2)C(=O)NC(CC2CCCC2)C(=O)C2(C)CO2)c(F)c1C1CCCC1CC(NC(=O)C(Cc1ccc2occc2c1)NC(=O)C(C)NC(=O)CN1CCOCC1)C(=O)C1(C)CO1. The fourth-order valence-corrected chi connectivity index (χ4v) is 12.4. The van der Waals surface area contributed by atoms with Crippen LogP contribution in [0.5, 0.6) is 5.75 Å². The number of fused-ring (bicyclic) bond motifs is 1. The average Bonchev–Trinajstić information content (AvgIpc) is 2.38. The van der Waals surface area contributed by atoms with Gasteiger partial charge in [0.25, 0.3) is 0 Å². The minimum absolute atomic E-state index is 0.0102. The molecule has 0 radical (unpaired) electrons. The van der Waals surface area contributed by atoms with E-state index in [0.29, 0.717) is 89.4 Å². The van der Waals surface area contributed by atoms with Crippen molar-refractivity contribution in [3.8, 4) is 5.75 Å². The Kier molecular flexibility index (Phi) is 20.6. The Hall–Kier alpha value is -6.37. The van der Waals surface area contributed by atoms with Gasteiger partial charge in [0.05, 0.1) is 78.2 Å². The number of carbonyl (C=O) groups is 8. The molecule has 6 amide bonds. The monoisotopic (exact) mass is 1170 g/mol. The van der Waals surface area contributed by atoms with Crippen molar-refractivity contribution in [1.82, 2.24) is 41.7 Å². The number of Topliss-reactive ketones (excluding diaryl/α,β-unsaturated/α-hetero) is 2. The van der Waals surface area contributed by atoms with Crippen molar-refractivity contribution < 1.29 is 70.8 Å². The highest BCUT2D eigenvalue weighted by Crippen LogP contribution is 2.47. The Morgan fingerprint density at radius 1 is 0.631 bits per heavy atom. The number of benzene rings is 2. The van der Waals surface area contributed by atoms with E-state index in [0.717, 1.165) is 31.1 Å². The number of nitrogens with one attached hydrogen (secondary N) is 6. The number of furan rings is 1. The number of carbonyl (C=O) groups excluding carboxylic acids is 8. The molecule has 5 heterocycles. The summed E-state index contributed by atoms with van der Waals surface area (Å²) >= 11 is 0. The molecule has 0 spiro atoms. The van der Waals surface area contributed by atoms with Gasteiger partial charge in [0, 0.05) is 50.0 Å². The Balaban J connectivity index is 0.951. The first-order chi connectivity index (χ1) is 40.3. The quantitative estimate of drug-likeness (QED) is 0.0570. The highest BCUT2D eigenvalue weighted by molar-refractivity contribution is 6.00. The lowest BCUT2D eigenvalue weighted by Gasteiger charge is -2.30. The fraction of sp³-hybridized carbons (Fsp3) is 0.639. The Morgan fingerprint density at radius 2 is 1.15 bits per heavy atom. The summed E-state index contributed by atoms with van der Waals surface area (Å²) in [4.78, 5) is 116. The lowest BCUT2D eigenvalue weighted by atomic mass is 9.81. The maximum absolute atomic E-state index is 17.9. The van der Waals surface area contributed by atoms with Crippen molar-refractivity contribution in [2.75, 3.05) is 86.0 Å². The number of methoxy groups -OCH3 is 1. The number of epoxide rings is 2. The van der Waals surface area contributed by atoms with Gasteiger partial charge in [-0.05, 0) is 107 Å². The first-order valence-corrected chi connectivity index (χ1v) is 29.9. The van der Waals surface area contributed by atoms with E-state index in [-0.39, 0.29) is 85.8 Å². The number of hydrogen-bond acceptors (Lipinski definition) is 16. The Bertz CT molecular complexity index is 2880. The van der Waals surface area contributed by atoms with Crippen LogP contribution >= 0.6 is 0 Å². The van der Waals surface area contributed by atoms with Crippen molar-refractivity contribution in [2.45, 2.75) is 152 Å². The molecule has 23 heteroatoms. The van der Waals surface area contributed by atoms with Crippen LogP contribution in [0.25, 0.3) is 11.0 Å². The van der Waals surface area contributed by atoms with E-state index >= 15 is 4.39 Å². The highest BCUT2D eigenvalue weighted by atomic mass is 19.1. The summed E-state index contributed by atoms with van der Waals surface area (Å²) in [5.41, 5.74) is -0.678. The van der Waals surface area contributed by atoms with Crippen molar-refractivity contribution in [3.05, 3.63) is 65.2 Å². The van der Waals surface area contributed by atoms with E-state index in [2.05, 4.69) is 31.9 Å². The number of halogens is 1. The van der Waals surface area contributed by atoms with Gasteiger partial charge >= 0.3 is 0 Å². The van der Waals surface area contributed by atoms with Crippen LogP contribution in [0.1, 0.15) is 108 Å². The third-order valence-electron chi connectivity index (χ3n) is 17.6. The van der Waals surface area contributed by atoms with Gasteiger partial charge in [-0.15, -0.1) is 0 Å². The molecule has 6 N–H and O–H groups in total. The number of ether oxygens (including phenoxy) is 5. The molecule has 84 heavy (non-hydrogen) atoms. The Labute approximate surface area is 489 Å². The van der Waals surface area contributed by atoms with E-state index in [1.54, 1.807) is 44.4 Å². The van der Waals surface area contributed by atoms with Crippen LogP contribution in [-0.2, 0) is 70.1 Å². The van der Waals surface area contributed by atoms with Crippen molar-refractivity contribution in [3.63, 3.8) is 0 Å².